The van der Waals surface area contributed by atoms with Crippen LogP contribution in [-0.2, 0) is 4.79 Å². The molecule has 20 heavy (non-hydrogen) atoms. The lowest BCUT2D eigenvalue weighted by Crippen LogP contribution is -2.44. The van der Waals surface area contributed by atoms with Gasteiger partial charge in [-0.3, -0.25) is 9.69 Å². The van der Waals surface area contributed by atoms with Crippen LogP contribution in [0.3, 0.4) is 0 Å². The summed E-state index contributed by atoms with van der Waals surface area (Å²) in [4.78, 5) is 14.2. The molecule has 0 radical (unpaired) electrons. The first-order valence-electron chi connectivity index (χ1n) is 6.62. The molecule has 1 aliphatic heterocycles. The van der Waals surface area contributed by atoms with E-state index < -0.39 is 6.61 Å². The first-order valence-corrected chi connectivity index (χ1v) is 6.62. The van der Waals surface area contributed by atoms with Gasteiger partial charge in [-0.15, -0.1) is 0 Å². The number of hydrogen-bond donors (Lipinski definition) is 1. The van der Waals surface area contributed by atoms with Crippen molar-refractivity contribution in [2.45, 2.75) is 31.9 Å². The van der Waals surface area contributed by atoms with Crippen LogP contribution >= 0.6 is 0 Å². The number of ether oxygens (including phenoxy) is 1. The highest BCUT2D eigenvalue weighted by molar-refractivity contribution is 5.94. The van der Waals surface area contributed by atoms with Crippen LogP contribution in [-0.4, -0.2) is 37.1 Å². The Labute approximate surface area is 116 Å². The zero-order valence-corrected chi connectivity index (χ0v) is 11.3. The monoisotopic (exact) mass is 284 g/mol. The Morgan fingerprint density at radius 3 is 2.65 bits per heavy atom. The van der Waals surface area contributed by atoms with E-state index in [0.29, 0.717) is 5.69 Å². The minimum absolute atomic E-state index is 0.0604. The Morgan fingerprint density at radius 2 is 2.05 bits per heavy atom. The number of nitrogens with one attached hydrogen (secondary N) is 1. The van der Waals surface area contributed by atoms with Crippen LogP contribution in [0.5, 0.6) is 5.75 Å². The molecule has 0 unspecified atom stereocenters. The molecular weight excluding hydrogens is 266 g/mol. The lowest BCUT2D eigenvalue weighted by atomic mass is 10.0. The number of alkyl halides is 2. The fourth-order valence-electron chi connectivity index (χ4n) is 2.35. The SMILES string of the molecule is CN1CCCC[C@H]1C(=O)Nc1ccc(OC(F)F)cc1. The van der Waals surface area contributed by atoms with Crippen LogP contribution in [0.2, 0.25) is 0 Å². The Kier molecular flexibility index (Phi) is 4.89. The predicted molar refractivity (Wildman–Crippen MR) is 72.0 cm³/mol. The predicted octanol–water partition coefficient (Wildman–Crippen LogP) is 2.71. The minimum Gasteiger partial charge on any atom is -0.435 e. The molecule has 0 aromatic heterocycles. The van der Waals surface area contributed by atoms with E-state index in [-0.39, 0.29) is 17.7 Å². The average Bonchev–Trinajstić information content (AvgIpc) is 2.41. The maximum Gasteiger partial charge on any atom is 0.387 e. The highest BCUT2D eigenvalue weighted by atomic mass is 19.3. The summed E-state index contributed by atoms with van der Waals surface area (Å²) in [6, 6.07) is 5.80. The van der Waals surface area contributed by atoms with E-state index in [4.69, 9.17) is 0 Å². The largest absolute Gasteiger partial charge is 0.435 e. The summed E-state index contributed by atoms with van der Waals surface area (Å²) >= 11 is 0. The third-order valence-corrected chi connectivity index (χ3v) is 3.42. The van der Waals surface area contributed by atoms with Gasteiger partial charge in [-0.05, 0) is 50.7 Å². The van der Waals surface area contributed by atoms with Crippen molar-refractivity contribution in [2.75, 3.05) is 18.9 Å². The Hall–Kier alpha value is -1.69. The van der Waals surface area contributed by atoms with Gasteiger partial charge in [0.25, 0.3) is 0 Å². The van der Waals surface area contributed by atoms with E-state index in [1.807, 2.05) is 11.9 Å². The van der Waals surface area contributed by atoms with Gasteiger partial charge in [0.2, 0.25) is 5.91 Å². The quantitative estimate of drug-likeness (QED) is 0.924. The smallest absolute Gasteiger partial charge is 0.387 e. The molecule has 0 spiro atoms. The van der Waals surface area contributed by atoms with E-state index in [2.05, 4.69) is 10.1 Å². The topological polar surface area (TPSA) is 41.6 Å². The molecular formula is C14H18F2N2O2. The highest BCUT2D eigenvalue weighted by Gasteiger charge is 2.25. The van der Waals surface area contributed by atoms with Crippen LogP contribution in [0.1, 0.15) is 19.3 Å². The summed E-state index contributed by atoms with van der Waals surface area (Å²) in [5, 5.41) is 2.80. The summed E-state index contributed by atoms with van der Waals surface area (Å²) in [7, 11) is 1.93. The molecule has 4 nitrogen and oxygen atoms in total. The number of carbonyl (C=O) groups is 1. The molecule has 1 amide bonds. The fraction of sp³-hybridized carbons (Fsp3) is 0.500. The fourth-order valence-corrected chi connectivity index (χ4v) is 2.35. The van der Waals surface area contributed by atoms with Gasteiger partial charge in [-0.25, -0.2) is 0 Å². The molecule has 1 N–H and O–H groups in total. The average molecular weight is 284 g/mol. The van der Waals surface area contributed by atoms with Gasteiger partial charge in [-0.2, -0.15) is 8.78 Å². The van der Waals surface area contributed by atoms with Crippen LogP contribution < -0.4 is 10.1 Å². The molecule has 1 fully saturated rings. The second-order valence-electron chi connectivity index (χ2n) is 4.88. The molecule has 1 saturated heterocycles. The van der Waals surface area contributed by atoms with Crippen LogP contribution in [0, 0.1) is 0 Å². The Bertz CT molecular complexity index is 451. The van der Waals surface area contributed by atoms with E-state index in [9.17, 15) is 13.6 Å². The van der Waals surface area contributed by atoms with E-state index in [1.165, 1.54) is 12.1 Å². The molecule has 6 heteroatoms. The minimum atomic E-state index is -2.84. The maximum absolute atomic E-state index is 12.1. The van der Waals surface area contributed by atoms with Gasteiger partial charge in [0.15, 0.2) is 0 Å². The number of hydrogen-bond acceptors (Lipinski definition) is 3. The molecule has 2 rings (SSSR count). The first-order chi connectivity index (χ1) is 9.56. The molecule has 1 aliphatic rings. The van der Waals surface area contributed by atoms with Crippen molar-refractivity contribution in [1.82, 2.24) is 4.90 Å². The Morgan fingerprint density at radius 1 is 1.35 bits per heavy atom. The number of halogens is 2. The number of amides is 1. The maximum atomic E-state index is 12.1. The molecule has 110 valence electrons. The van der Waals surface area contributed by atoms with E-state index in [1.54, 1.807) is 12.1 Å². The lowest BCUT2D eigenvalue weighted by molar-refractivity contribution is -0.121. The van der Waals surface area contributed by atoms with Gasteiger partial charge < -0.3 is 10.1 Å². The number of likely N-dealkylation sites (N-methyl/N-ethyl adjacent to an activating group) is 1. The van der Waals surface area contributed by atoms with Crippen molar-refractivity contribution < 1.29 is 18.3 Å². The molecule has 0 saturated carbocycles. The summed E-state index contributed by atoms with van der Waals surface area (Å²) in [5.41, 5.74) is 0.579. The molecule has 0 bridgehead atoms. The van der Waals surface area contributed by atoms with Gasteiger partial charge in [-0.1, -0.05) is 6.42 Å². The number of likely N-dealkylation sites (tertiary alicyclic amines) is 1. The first kappa shape index (κ1) is 14.7. The molecule has 1 heterocycles. The third kappa shape index (κ3) is 3.90. The van der Waals surface area contributed by atoms with Crippen molar-refractivity contribution in [3.63, 3.8) is 0 Å². The van der Waals surface area contributed by atoms with Gasteiger partial charge in [0, 0.05) is 5.69 Å². The van der Waals surface area contributed by atoms with Crippen molar-refractivity contribution in [3.8, 4) is 5.75 Å². The number of anilines is 1. The lowest BCUT2D eigenvalue weighted by Gasteiger charge is -2.31. The van der Waals surface area contributed by atoms with Crippen LogP contribution in [0.15, 0.2) is 24.3 Å². The van der Waals surface area contributed by atoms with E-state index in [0.717, 1.165) is 25.8 Å². The third-order valence-electron chi connectivity index (χ3n) is 3.42. The highest BCUT2D eigenvalue weighted by Crippen LogP contribution is 2.20. The number of benzene rings is 1. The molecule has 1 aromatic carbocycles. The van der Waals surface area contributed by atoms with Crippen molar-refractivity contribution in [3.05, 3.63) is 24.3 Å². The van der Waals surface area contributed by atoms with Crippen LogP contribution in [0.25, 0.3) is 0 Å². The standard InChI is InChI=1S/C14H18F2N2O2/c1-18-9-3-2-4-12(18)13(19)17-10-5-7-11(8-6-10)20-14(15)16/h5-8,12,14H,2-4,9H2,1H3,(H,17,19)/t12-/m0/s1. The second kappa shape index (κ2) is 6.65. The summed E-state index contributed by atoms with van der Waals surface area (Å²) in [6.45, 7) is -1.93. The van der Waals surface area contributed by atoms with Crippen molar-refractivity contribution in [2.24, 2.45) is 0 Å². The summed E-state index contributed by atoms with van der Waals surface area (Å²) in [5.74, 6) is 0.0162. The molecule has 1 atom stereocenters. The number of nitrogens with zero attached hydrogens (tertiary/aromatic N) is 1. The van der Waals surface area contributed by atoms with Gasteiger partial charge in [0.05, 0.1) is 6.04 Å². The zero-order valence-electron chi connectivity index (χ0n) is 11.3. The van der Waals surface area contributed by atoms with Gasteiger partial charge in [0.1, 0.15) is 5.75 Å². The molecule has 0 aliphatic carbocycles. The number of carbonyl (C=O) groups excluding carboxylic acids is 1. The number of piperidine rings is 1. The van der Waals surface area contributed by atoms with Crippen molar-refractivity contribution in [1.29, 1.82) is 0 Å². The zero-order chi connectivity index (χ0) is 14.5. The van der Waals surface area contributed by atoms with Gasteiger partial charge >= 0.3 is 6.61 Å². The normalized spacial score (nSPS) is 19.9. The summed E-state index contributed by atoms with van der Waals surface area (Å²) in [6.07, 6.45) is 3.00. The molecule has 1 aromatic rings. The second-order valence-corrected chi connectivity index (χ2v) is 4.88. The Balaban J connectivity index is 1.93. The van der Waals surface area contributed by atoms with Crippen LogP contribution in [0.4, 0.5) is 14.5 Å². The van der Waals surface area contributed by atoms with E-state index >= 15 is 0 Å². The van der Waals surface area contributed by atoms with Crippen molar-refractivity contribution >= 4 is 11.6 Å². The summed E-state index contributed by atoms with van der Waals surface area (Å²) < 4.78 is 28.3. The number of rotatable bonds is 4.